The number of hydrogen-bond donors (Lipinski definition) is 2. The van der Waals surface area contributed by atoms with Crippen molar-refractivity contribution in [3.8, 4) is 17.1 Å². The first-order valence-corrected chi connectivity index (χ1v) is 13.8. The van der Waals surface area contributed by atoms with Gasteiger partial charge in [-0.05, 0) is 51.1 Å². The highest BCUT2D eigenvalue weighted by Gasteiger charge is 2.31. The number of H-pyrrole nitrogens is 1. The van der Waals surface area contributed by atoms with Crippen molar-refractivity contribution >= 4 is 23.4 Å². The van der Waals surface area contributed by atoms with Gasteiger partial charge in [-0.3, -0.25) is 4.79 Å². The third kappa shape index (κ3) is 6.58. The van der Waals surface area contributed by atoms with Gasteiger partial charge in [0.05, 0.1) is 18.4 Å². The number of anilines is 2. The van der Waals surface area contributed by atoms with Gasteiger partial charge in [-0.15, -0.1) is 0 Å². The van der Waals surface area contributed by atoms with E-state index in [2.05, 4.69) is 15.2 Å². The molecule has 0 saturated carbocycles. The van der Waals surface area contributed by atoms with E-state index in [4.69, 9.17) is 9.47 Å². The third-order valence-corrected chi connectivity index (χ3v) is 6.99. The first-order chi connectivity index (χ1) is 19.7. The van der Waals surface area contributed by atoms with Gasteiger partial charge in [0.15, 0.2) is 5.69 Å². The van der Waals surface area contributed by atoms with Gasteiger partial charge in [0, 0.05) is 50.8 Å². The molecule has 0 unspecified atom stereocenters. The first-order valence-electron chi connectivity index (χ1n) is 13.8. The molecule has 0 radical (unpaired) electrons. The third-order valence-electron chi connectivity index (χ3n) is 6.99. The number of benzene rings is 2. The van der Waals surface area contributed by atoms with Crippen molar-refractivity contribution in [2.24, 2.45) is 0 Å². The molecular formula is C30H37F2N5O5. The van der Waals surface area contributed by atoms with Gasteiger partial charge in [0.1, 0.15) is 11.4 Å². The Morgan fingerprint density at radius 1 is 1.10 bits per heavy atom. The monoisotopic (exact) mass is 585 g/mol. The highest BCUT2D eigenvalue weighted by atomic mass is 19.3. The van der Waals surface area contributed by atoms with E-state index in [-0.39, 0.29) is 35.3 Å². The Balaban J connectivity index is 1.56. The normalized spacial score (nSPS) is 14.1. The molecule has 12 heteroatoms. The van der Waals surface area contributed by atoms with Gasteiger partial charge in [0.25, 0.3) is 17.7 Å². The average molecular weight is 586 g/mol. The number of methoxy groups -OCH3 is 1. The second kappa shape index (κ2) is 11.9. The summed E-state index contributed by atoms with van der Waals surface area (Å²) in [4.78, 5) is 32.3. The van der Waals surface area contributed by atoms with Crippen LogP contribution in [0.3, 0.4) is 0 Å². The SMILES string of the molecule is CCC(F)(F)c1cccc(NC(=O)c2c(C)[nH]c(-c3ccc(OC)c(N4CCN(C(=O)OC(C)(C)C)CC4)c3)[n+]2[O-])c1. The molecule has 2 aromatic carbocycles. The molecule has 0 spiro atoms. The summed E-state index contributed by atoms with van der Waals surface area (Å²) in [5.41, 5.74) is 0.730. The summed E-state index contributed by atoms with van der Waals surface area (Å²) in [6.45, 7) is 10.4. The minimum absolute atomic E-state index is 0.139. The van der Waals surface area contributed by atoms with Crippen molar-refractivity contribution in [1.82, 2.24) is 9.88 Å². The van der Waals surface area contributed by atoms with Crippen molar-refractivity contribution < 1.29 is 32.6 Å². The highest BCUT2D eigenvalue weighted by Crippen LogP contribution is 2.34. The van der Waals surface area contributed by atoms with Gasteiger partial charge in [-0.25, -0.2) is 23.3 Å². The van der Waals surface area contributed by atoms with E-state index in [0.29, 0.717) is 47.9 Å². The minimum atomic E-state index is -3.04. The Hall–Kier alpha value is -4.35. The topological polar surface area (TPSA) is 114 Å². The Morgan fingerprint density at radius 3 is 2.40 bits per heavy atom. The number of imidazole rings is 1. The number of nitrogens with one attached hydrogen (secondary N) is 2. The van der Waals surface area contributed by atoms with Crippen LogP contribution in [0.4, 0.5) is 25.0 Å². The molecule has 1 aliphatic rings. The van der Waals surface area contributed by atoms with Crippen LogP contribution < -0.4 is 19.7 Å². The summed E-state index contributed by atoms with van der Waals surface area (Å²) >= 11 is 0. The number of ether oxygens (including phenoxy) is 2. The van der Waals surface area contributed by atoms with Crippen LogP contribution in [-0.4, -0.2) is 60.8 Å². The zero-order valence-electron chi connectivity index (χ0n) is 24.7. The number of piperazine rings is 1. The molecule has 1 aliphatic heterocycles. The molecule has 10 nitrogen and oxygen atoms in total. The Labute approximate surface area is 243 Å². The molecule has 3 aromatic rings. The van der Waals surface area contributed by atoms with Crippen LogP contribution in [-0.2, 0) is 10.7 Å². The maximum absolute atomic E-state index is 14.2. The van der Waals surface area contributed by atoms with Crippen LogP contribution in [0.2, 0.25) is 0 Å². The summed E-state index contributed by atoms with van der Waals surface area (Å²) in [7, 11) is 1.55. The molecule has 0 bridgehead atoms. The number of halogens is 2. The number of carbonyl (C=O) groups excluding carboxylic acids is 2. The zero-order chi connectivity index (χ0) is 30.8. The molecule has 4 rings (SSSR count). The largest absolute Gasteiger partial charge is 0.710 e. The van der Waals surface area contributed by atoms with Crippen molar-refractivity contribution in [3.63, 3.8) is 0 Å². The lowest BCUT2D eigenvalue weighted by Gasteiger charge is -2.37. The van der Waals surface area contributed by atoms with Gasteiger partial charge in [-0.2, -0.15) is 0 Å². The van der Waals surface area contributed by atoms with Gasteiger partial charge >= 0.3 is 6.09 Å². The van der Waals surface area contributed by atoms with Crippen LogP contribution in [0.15, 0.2) is 42.5 Å². The molecule has 0 atom stereocenters. The summed E-state index contributed by atoms with van der Waals surface area (Å²) < 4.78 is 39.9. The molecule has 2 amide bonds. The summed E-state index contributed by atoms with van der Waals surface area (Å²) in [5.74, 6) is -3.04. The fraction of sp³-hybridized carbons (Fsp3) is 0.433. The number of rotatable bonds is 7. The number of aromatic nitrogens is 2. The molecule has 1 fully saturated rings. The maximum Gasteiger partial charge on any atom is 0.410 e. The van der Waals surface area contributed by atoms with E-state index >= 15 is 0 Å². The fourth-order valence-electron chi connectivity index (χ4n) is 4.76. The molecular weight excluding hydrogens is 548 g/mol. The molecule has 2 heterocycles. The van der Waals surface area contributed by atoms with E-state index in [1.807, 2.05) is 20.8 Å². The van der Waals surface area contributed by atoms with E-state index in [1.54, 1.807) is 37.1 Å². The van der Waals surface area contributed by atoms with Gasteiger partial charge in [-0.1, -0.05) is 19.1 Å². The number of nitrogens with zero attached hydrogens (tertiary/aromatic N) is 3. The lowest BCUT2D eigenvalue weighted by Crippen LogP contribution is -2.50. The van der Waals surface area contributed by atoms with Crippen LogP contribution in [0.5, 0.6) is 5.75 Å². The average Bonchev–Trinajstić information content (AvgIpc) is 3.25. The highest BCUT2D eigenvalue weighted by molar-refractivity contribution is 6.02. The molecule has 1 aromatic heterocycles. The predicted octanol–water partition coefficient (Wildman–Crippen LogP) is 5.44. The van der Waals surface area contributed by atoms with Crippen LogP contribution in [0, 0.1) is 12.1 Å². The predicted molar refractivity (Wildman–Crippen MR) is 155 cm³/mol. The number of amides is 2. The molecule has 0 aliphatic carbocycles. The fourth-order valence-corrected chi connectivity index (χ4v) is 4.76. The Kier molecular flexibility index (Phi) is 8.65. The number of hydrogen-bond acceptors (Lipinski definition) is 6. The molecule has 2 N–H and O–H groups in total. The Morgan fingerprint density at radius 2 is 1.79 bits per heavy atom. The number of carbonyl (C=O) groups is 2. The van der Waals surface area contributed by atoms with Crippen molar-refractivity contribution in [2.75, 3.05) is 43.5 Å². The van der Waals surface area contributed by atoms with E-state index in [0.717, 1.165) is 5.69 Å². The van der Waals surface area contributed by atoms with Crippen LogP contribution in [0.1, 0.15) is 55.9 Å². The van der Waals surface area contributed by atoms with Crippen LogP contribution in [0.25, 0.3) is 11.4 Å². The maximum atomic E-state index is 14.2. The summed E-state index contributed by atoms with van der Waals surface area (Å²) in [6, 6.07) is 10.7. The van der Waals surface area contributed by atoms with E-state index < -0.39 is 17.4 Å². The van der Waals surface area contributed by atoms with Crippen molar-refractivity contribution in [2.45, 2.75) is 52.6 Å². The van der Waals surface area contributed by atoms with Crippen molar-refractivity contribution in [1.29, 1.82) is 0 Å². The minimum Gasteiger partial charge on any atom is -0.710 e. The second-order valence-electron chi connectivity index (χ2n) is 11.2. The Bertz CT molecular complexity index is 1460. The smallest absolute Gasteiger partial charge is 0.410 e. The zero-order valence-corrected chi connectivity index (χ0v) is 24.7. The number of aryl methyl sites for hydroxylation is 1. The lowest BCUT2D eigenvalue weighted by atomic mass is 10.1. The molecule has 1 saturated heterocycles. The summed E-state index contributed by atoms with van der Waals surface area (Å²) in [5, 5.41) is 15.9. The van der Waals surface area contributed by atoms with Gasteiger partial charge < -0.3 is 29.8 Å². The van der Waals surface area contributed by atoms with E-state index in [9.17, 15) is 23.6 Å². The van der Waals surface area contributed by atoms with Crippen molar-refractivity contribution in [3.05, 3.63) is 64.6 Å². The van der Waals surface area contributed by atoms with Gasteiger partial charge in [0.2, 0.25) is 5.69 Å². The second-order valence-corrected chi connectivity index (χ2v) is 11.2. The number of alkyl halides is 2. The standard InChI is InChI=1S/C30H37F2N5O5/c1-7-30(31,32)21-9-8-10-22(18-21)34-27(38)25-19(2)33-26(37(25)40)20-11-12-24(41-6)23(17-20)35-13-15-36(16-14-35)28(39)42-29(3,4)5/h8-12,17-18,33H,7,13-16H2,1-6H3,(H,34,38). The molecule has 42 heavy (non-hydrogen) atoms. The summed E-state index contributed by atoms with van der Waals surface area (Å²) in [6.07, 6.45) is -0.747. The molecule has 226 valence electrons. The van der Waals surface area contributed by atoms with Crippen LogP contribution >= 0.6 is 0 Å². The van der Waals surface area contributed by atoms with E-state index in [1.165, 1.54) is 31.2 Å². The number of aromatic amines is 1. The first kappa shape index (κ1) is 30.6. The lowest BCUT2D eigenvalue weighted by molar-refractivity contribution is -0.594. The quantitative estimate of drug-likeness (QED) is 0.282.